The maximum atomic E-state index is 12.4. The smallest absolute Gasteiger partial charge is 0.226 e. The second-order valence-corrected chi connectivity index (χ2v) is 8.53. The first kappa shape index (κ1) is 19.1. The Kier molecular flexibility index (Phi) is 4.46. The van der Waals surface area contributed by atoms with E-state index >= 15 is 0 Å². The molecule has 0 aliphatic carbocycles. The summed E-state index contributed by atoms with van der Waals surface area (Å²) < 4.78 is 0. The molecule has 162 valence electrons. The number of anilines is 1. The zero-order valence-electron chi connectivity index (χ0n) is 17.6. The monoisotopic (exact) mass is 428 g/mol. The van der Waals surface area contributed by atoms with E-state index in [0.29, 0.717) is 23.6 Å². The van der Waals surface area contributed by atoms with Crippen molar-refractivity contribution in [1.82, 2.24) is 25.5 Å². The largest absolute Gasteiger partial charge is 0.504 e. The summed E-state index contributed by atoms with van der Waals surface area (Å²) in [5.74, 6) is 0.781. The Balaban J connectivity index is 1.30. The number of aromatic nitrogens is 4. The minimum atomic E-state index is 0.0527. The molecule has 32 heavy (non-hydrogen) atoms. The number of carbonyl (C=O) groups excluding carboxylic acids is 1. The van der Waals surface area contributed by atoms with Crippen molar-refractivity contribution in [2.75, 3.05) is 11.4 Å². The Morgan fingerprint density at radius 2 is 1.81 bits per heavy atom. The summed E-state index contributed by atoms with van der Waals surface area (Å²) in [7, 11) is 0. The normalized spacial score (nSPS) is 16.5. The second-order valence-electron chi connectivity index (χ2n) is 8.53. The van der Waals surface area contributed by atoms with Crippen LogP contribution in [0.4, 0.5) is 5.69 Å². The van der Waals surface area contributed by atoms with Crippen molar-refractivity contribution in [2.24, 2.45) is 0 Å². The molecule has 8 nitrogen and oxygen atoms in total. The average molecular weight is 428 g/mol. The quantitative estimate of drug-likeness (QED) is 0.396. The molecule has 4 N–H and O–H groups in total. The SMILES string of the molecule is O=C1CCCCCN1c1ccc(-c2n[nH]c(-c3nc4cc5c(cc4[nH]3)CNC5)c2O)cc1. The fourth-order valence-corrected chi connectivity index (χ4v) is 4.68. The number of benzene rings is 2. The van der Waals surface area contributed by atoms with E-state index in [9.17, 15) is 9.90 Å². The molecule has 8 heteroatoms. The van der Waals surface area contributed by atoms with Crippen LogP contribution in [0.5, 0.6) is 5.75 Å². The minimum Gasteiger partial charge on any atom is -0.504 e. The number of fused-ring (bicyclic) bond motifs is 2. The summed E-state index contributed by atoms with van der Waals surface area (Å²) in [5.41, 5.74) is 6.90. The van der Waals surface area contributed by atoms with Crippen molar-refractivity contribution < 1.29 is 9.90 Å². The molecular formula is C24H24N6O2. The van der Waals surface area contributed by atoms with Crippen LogP contribution in [0.3, 0.4) is 0 Å². The standard InChI is InChI=1S/C24H24N6O2/c31-20-4-2-1-3-9-30(20)17-7-5-14(6-8-17)21-23(32)22(29-28-21)24-26-18-10-15-12-25-13-16(15)11-19(18)27-24/h5-8,10-11,25,32H,1-4,9,12-13H2,(H,26,27)(H,28,29). The summed E-state index contributed by atoms with van der Waals surface area (Å²) in [6.07, 6.45) is 3.67. The molecule has 4 heterocycles. The van der Waals surface area contributed by atoms with E-state index in [-0.39, 0.29) is 11.7 Å². The first-order chi connectivity index (χ1) is 15.7. The van der Waals surface area contributed by atoms with Gasteiger partial charge in [-0.1, -0.05) is 18.6 Å². The number of H-pyrrole nitrogens is 2. The van der Waals surface area contributed by atoms with Crippen molar-refractivity contribution in [1.29, 1.82) is 0 Å². The van der Waals surface area contributed by atoms with Gasteiger partial charge >= 0.3 is 0 Å². The molecular weight excluding hydrogens is 404 g/mol. The molecule has 6 rings (SSSR count). The first-order valence-corrected chi connectivity index (χ1v) is 11.1. The molecule has 0 spiro atoms. The number of nitrogens with zero attached hydrogens (tertiary/aromatic N) is 3. The molecule has 0 saturated carbocycles. The van der Waals surface area contributed by atoms with Crippen LogP contribution in [0.2, 0.25) is 0 Å². The molecule has 2 aromatic carbocycles. The number of carbonyl (C=O) groups is 1. The predicted molar refractivity (Wildman–Crippen MR) is 122 cm³/mol. The lowest BCUT2D eigenvalue weighted by Crippen LogP contribution is -2.29. The lowest BCUT2D eigenvalue weighted by molar-refractivity contribution is -0.118. The van der Waals surface area contributed by atoms with E-state index in [1.807, 2.05) is 29.2 Å². The van der Waals surface area contributed by atoms with Crippen LogP contribution in [0.15, 0.2) is 36.4 Å². The highest BCUT2D eigenvalue weighted by Crippen LogP contribution is 2.36. The Morgan fingerprint density at radius 1 is 1.00 bits per heavy atom. The van der Waals surface area contributed by atoms with Gasteiger partial charge in [0.2, 0.25) is 5.91 Å². The van der Waals surface area contributed by atoms with Crippen LogP contribution in [0.25, 0.3) is 33.8 Å². The molecule has 1 amide bonds. The fraction of sp³-hybridized carbons (Fsp3) is 0.292. The molecule has 2 aromatic heterocycles. The molecule has 0 atom stereocenters. The number of aromatic amines is 2. The summed E-state index contributed by atoms with van der Waals surface area (Å²) in [6, 6.07) is 11.8. The molecule has 0 bridgehead atoms. The third-order valence-electron chi connectivity index (χ3n) is 6.44. The van der Waals surface area contributed by atoms with E-state index in [4.69, 9.17) is 0 Å². The van der Waals surface area contributed by atoms with Gasteiger partial charge < -0.3 is 20.3 Å². The molecule has 2 aliphatic heterocycles. The summed E-state index contributed by atoms with van der Waals surface area (Å²) in [4.78, 5) is 22.2. The van der Waals surface area contributed by atoms with Crippen molar-refractivity contribution in [3.05, 3.63) is 47.5 Å². The number of amides is 1. The Bertz CT molecular complexity index is 1280. The number of imidazole rings is 1. The van der Waals surface area contributed by atoms with E-state index in [1.54, 1.807) is 0 Å². The van der Waals surface area contributed by atoms with Crippen molar-refractivity contribution in [2.45, 2.75) is 38.8 Å². The third-order valence-corrected chi connectivity index (χ3v) is 6.44. The third kappa shape index (κ3) is 3.15. The maximum absolute atomic E-state index is 12.4. The van der Waals surface area contributed by atoms with Gasteiger partial charge in [0.1, 0.15) is 11.4 Å². The Hall–Kier alpha value is -3.65. The van der Waals surface area contributed by atoms with Gasteiger partial charge in [-0.25, -0.2) is 4.98 Å². The van der Waals surface area contributed by atoms with Crippen LogP contribution in [0.1, 0.15) is 36.8 Å². The van der Waals surface area contributed by atoms with Crippen molar-refractivity contribution in [3.8, 4) is 28.5 Å². The van der Waals surface area contributed by atoms with Gasteiger partial charge in [0.05, 0.1) is 11.0 Å². The summed E-state index contributed by atoms with van der Waals surface area (Å²) in [6.45, 7) is 2.46. The van der Waals surface area contributed by atoms with Gasteiger partial charge in [0.15, 0.2) is 11.6 Å². The molecule has 0 unspecified atom stereocenters. The van der Waals surface area contributed by atoms with Gasteiger partial charge in [-0.3, -0.25) is 9.89 Å². The van der Waals surface area contributed by atoms with Gasteiger partial charge in [-0.05, 0) is 48.2 Å². The number of hydrogen-bond acceptors (Lipinski definition) is 5. The Labute approximate surface area is 184 Å². The van der Waals surface area contributed by atoms with Crippen LogP contribution < -0.4 is 10.2 Å². The highest BCUT2D eigenvalue weighted by atomic mass is 16.3. The molecule has 2 aliphatic rings. The summed E-state index contributed by atoms with van der Waals surface area (Å²) in [5, 5.41) is 21.5. The highest BCUT2D eigenvalue weighted by molar-refractivity contribution is 5.94. The van der Waals surface area contributed by atoms with Gasteiger partial charge in [0, 0.05) is 37.3 Å². The topological polar surface area (TPSA) is 110 Å². The molecule has 1 fully saturated rings. The van der Waals surface area contributed by atoms with E-state index in [2.05, 4.69) is 37.6 Å². The van der Waals surface area contributed by atoms with Crippen LogP contribution in [-0.4, -0.2) is 37.7 Å². The van der Waals surface area contributed by atoms with Crippen molar-refractivity contribution in [3.63, 3.8) is 0 Å². The van der Waals surface area contributed by atoms with Crippen LogP contribution >= 0.6 is 0 Å². The lowest BCUT2D eigenvalue weighted by Gasteiger charge is -2.20. The van der Waals surface area contributed by atoms with E-state index in [1.165, 1.54) is 11.1 Å². The average Bonchev–Trinajstić information content (AvgIpc) is 3.48. The maximum Gasteiger partial charge on any atom is 0.226 e. The number of nitrogens with one attached hydrogen (secondary N) is 3. The fourth-order valence-electron chi connectivity index (χ4n) is 4.68. The highest BCUT2D eigenvalue weighted by Gasteiger charge is 2.21. The molecule has 1 saturated heterocycles. The molecule has 4 aromatic rings. The Morgan fingerprint density at radius 3 is 2.66 bits per heavy atom. The van der Waals surface area contributed by atoms with Gasteiger partial charge in [-0.2, -0.15) is 5.10 Å². The second kappa shape index (κ2) is 7.49. The zero-order chi connectivity index (χ0) is 21.7. The lowest BCUT2D eigenvalue weighted by atomic mass is 10.1. The van der Waals surface area contributed by atoms with Crippen LogP contribution in [0, 0.1) is 0 Å². The minimum absolute atomic E-state index is 0.0527. The van der Waals surface area contributed by atoms with Gasteiger partial charge in [-0.15, -0.1) is 0 Å². The van der Waals surface area contributed by atoms with E-state index in [0.717, 1.165) is 61.2 Å². The number of aromatic hydroxyl groups is 1. The van der Waals surface area contributed by atoms with E-state index < -0.39 is 0 Å². The first-order valence-electron chi connectivity index (χ1n) is 11.1. The number of rotatable bonds is 3. The molecule has 0 radical (unpaired) electrons. The summed E-state index contributed by atoms with van der Waals surface area (Å²) >= 11 is 0. The number of hydrogen-bond donors (Lipinski definition) is 4. The van der Waals surface area contributed by atoms with Gasteiger partial charge in [0.25, 0.3) is 0 Å². The van der Waals surface area contributed by atoms with Crippen molar-refractivity contribution >= 4 is 22.6 Å². The van der Waals surface area contributed by atoms with Crippen LogP contribution in [-0.2, 0) is 17.9 Å². The zero-order valence-corrected chi connectivity index (χ0v) is 17.6. The predicted octanol–water partition coefficient (Wildman–Crippen LogP) is 3.84.